The lowest BCUT2D eigenvalue weighted by atomic mass is 10.1. The van der Waals surface area contributed by atoms with Crippen LogP contribution in [-0.2, 0) is 0 Å². The van der Waals surface area contributed by atoms with Crippen molar-refractivity contribution in [1.29, 1.82) is 0 Å². The van der Waals surface area contributed by atoms with Crippen LogP contribution in [0.15, 0.2) is 18.2 Å². The Kier molecular flexibility index (Phi) is 4.74. The molecule has 1 N–H and O–H groups in total. The van der Waals surface area contributed by atoms with Gasteiger partial charge in [-0.25, -0.2) is 4.79 Å². The van der Waals surface area contributed by atoms with E-state index in [2.05, 4.69) is 17.4 Å². The van der Waals surface area contributed by atoms with Crippen molar-refractivity contribution in [1.82, 2.24) is 10.2 Å². The predicted molar refractivity (Wildman–Crippen MR) is 94.7 cm³/mol. The lowest BCUT2D eigenvalue weighted by molar-refractivity contribution is 0.174. The Morgan fingerprint density at radius 1 is 1.12 bits per heavy atom. The summed E-state index contributed by atoms with van der Waals surface area (Å²) in [4.78, 5) is 14.5. The maximum atomic E-state index is 12.5. The largest absolute Gasteiger partial charge is 0.454 e. The molecule has 1 saturated carbocycles. The Hall–Kier alpha value is -1.56. The topological polar surface area (TPSA) is 50.8 Å². The number of nitrogens with zero attached hydrogens (tertiary/aromatic N) is 1. The summed E-state index contributed by atoms with van der Waals surface area (Å²) in [5.41, 5.74) is 1.27. The van der Waals surface area contributed by atoms with Crippen LogP contribution < -0.4 is 14.8 Å². The van der Waals surface area contributed by atoms with Gasteiger partial charge in [-0.1, -0.05) is 18.9 Å². The highest BCUT2D eigenvalue weighted by molar-refractivity contribution is 7.99. The molecular formula is C18H24N2O3S. The Morgan fingerprint density at radius 2 is 1.96 bits per heavy atom. The number of fused-ring (bicyclic) bond motifs is 1. The first-order valence-electron chi connectivity index (χ1n) is 8.86. The molecule has 0 bridgehead atoms. The van der Waals surface area contributed by atoms with Gasteiger partial charge in [-0.05, 0) is 37.0 Å². The molecule has 2 amide bonds. The number of amides is 2. The van der Waals surface area contributed by atoms with E-state index in [-0.39, 0.29) is 6.03 Å². The smallest absolute Gasteiger partial charge is 0.317 e. The molecule has 1 aromatic rings. The summed E-state index contributed by atoms with van der Waals surface area (Å²) in [5, 5.41) is 3.61. The molecule has 1 atom stereocenters. The SMILES string of the molecule is O=C(NC1CCCC1)N1CCSC(c2ccc3c(c2)OCO3)CC1. The number of carbonyl (C=O) groups is 1. The van der Waals surface area contributed by atoms with Crippen molar-refractivity contribution in [3.8, 4) is 11.5 Å². The molecule has 4 rings (SSSR count). The molecule has 6 heteroatoms. The minimum absolute atomic E-state index is 0.119. The van der Waals surface area contributed by atoms with E-state index in [0.29, 0.717) is 18.1 Å². The molecule has 1 unspecified atom stereocenters. The quantitative estimate of drug-likeness (QED) is 0.888. The van der Waals surface area contributed by atoms with E-state index in [0.717, 1.165) is 49.6 Å². The van der Waals surface area contributed by atoms with Gasteiger partial charge in [0.25, 0.3) is 0 Å². The normalized spacial score (nSPS) is 24.0. The summed E-state index contributed by atoms with van der Waals surface area (Å²) in [7, 11) is 0. The second-order valence-electron chi connectivity index (χ2n) is 6.68. The van der Waals surface area contributed by atoms with Crippen LogP contribution in [0.2, 0.25) is 0 Å². The third-order valence-corrected chi connectivity index (χ3v) is 6.41. The zero-order valence-corrected chi connectivity index (χ0v) is 14.6. The van der Waals surface area contributed by atoms with E-state index in [4.69, 9.17) is 9.47 Å². The fraction of sp³-hybridized carbons (Fsp3) is 0.611. The summed E-state index contributed by atoms with van der Waals surface area (Å²) >= 11 is 1.93. The highest BCUT2D eigenvalue weighted by atomic mass is 32.2. The van der Waals surface area contributed by atoms with E-state index >= 15 is 0 Å². The van der Waals surface area contributed by atoms with Crippen LogP contribution in [0.1, 0.15) is 42.9 Å². The number of benzene rings is 1. The first-order chi connectivity index (χ1) is 11.8. The standard InChI is InChI=1S/C18H24N2O3S/c21-18(19-14-3-1-2-4-14)20-8-7-17(24-10-9-20)13-5-6-15-16(11-13)23-12-22-15/h5-6,11,14,17H,1-4,7-10,12H2,(H,19,21). The number of carbonyl (C=O) groups excluding carboxylic acids is 1. The van der Waals surface area contributed by atoms with E-state index in [1.54, 1.807) is 0 Å². The van der Waals surface area contributed by atoms with Gasteiger partial charge in [0, 0.05) is 30.1 Å². The first kappa shape index (κ1) is 15.9. The zero-order chi connectivity index (χ0) is 16.4. The molecule has 24 heavy (non-hydrogen) atoms. The van der Waals surface area contributed by atoms with Crippen molar-refractivity contribution >= 4 is 17.8 Å². The van der Waals surface area contributed by atoms with Gasteiger partial charge in [0.1, 0.15) is 0 Å². The highest BCUT2D eigenvalue weighted by Gasteiger charge is 2.25. The Balaban J connectivity index is 1.36. The first-order valence-corrected chi connectivity index (χ1v) is 9.91. The van der Waals surface area contributed by atoms with E-state index in [1.165, 1.54) is 18.4 Å². The summed E-state index contributed by atoms with van der Waals surface area (Å²) in [6.45, 7) is 1.95. The Bertz CT molecular complexity index is 604. The van der Waals surface area contributed by atoms with Crippen molar-refractivity contribution in [2.75, 3.05) is 25.6 Å². The fourth-order valence-electron chi connectivity index (χ4n) is 3.69. The highest BCUT2D eigenvalue weighted by Crippen LogP contribution is 2.40. The monoisotopic (exact) mass is 348 g/mol. The number of thioether (sulfide) groups is 1. The van der Waals surface area contributed by atoms with Crippen LogP contribution in [0.4, 0.5) is 4.79 Å². The maximum Gasteiger partial charge on any atom is 0.317 e. The van der Waals surface area contributed by atoms with Crippen LogP contribution in [0, 0.1) is 0 Å². The van der Waals surface area contributed by atoms with Gasteiger partial charge < -0.3 is 19.7 Å². The lowest BCUT2D eigenvalue weighted by Crippen LogP contribution is -2.44. The molecule has 1 aliphatic carbocycles. The molecule has 3 aliphatic rings. The van der Waals surface area contributed by atoms with Crippen LogP contribution in [0.3, 0.4) is 0 Å². The summed E-state index contributed by atoms with van der Waals surface area (Å²) < 4.78 is 10.9. The third-order valence-electron chi connectivity index (χ3n) is 5.08. The number of ether oxygens (including phenoxy) is 2. The van der Waals surface area contributed by atoms with Crippen molar-refractivity contribution in [3.05, 3.63) is 23.8 Å². The molecule has 2 fully saturated rings. The van der Waals surface area contributed by atoms with Crippen molar-refractivity contribution < 1.29 is 14.3 Å². The fourth-order valence-corrected chi connectivity index (χ4v) is 4.91. The number of rotatable bonds is 2. The minimum Gasteiger partial charge on any atom is -0.454 e. The average Bonchev–Trinajstić information content (AvgIpc) is 3.20. The lowest BCUT2D eigenvalue weighted by Gasteiger charge is -2.23. The van der Waals surface area contributed by atoms with Crippen molar-refractivity contribution in [2.24, 2.45) is 0 Å². The predicted octanol–water partition coefficient (Wildman–Crippen LogP) is 3.55. The van der Waals surface area contributed by atoms with Gasteiger partial charge >= 0.3 is 6.03 Å². The van der Waals surface area contributed by atoms with E-state index < -0.39 is 0 Å². The van der Waals surface area contributed by atoms with Gasteiger partial charge in [0.05, 0.1) is 0 Å². The Morgan fingerprint density at radius 3 is 2.83 bits per heavy atom. The van der Waals surface area contributed by atoms with Crippen molar-refractivity contribution in [2.45, 2.75) is 43.4 Å². The van der Waals surface area contributed by atoms with Gasteiger partial charge in [-0.15, -0.1) is 0 Å². The number of hydrogen-bond acceptors (Lipinski definition) is 4. The van der Waals surface area contributed by atoms with Gasteiger partial charge in [-0.3, -0.25) is 0 Å². The van der Waals surface area contributed by atoms with Crippen LogP contribution in [0.25, 0.3) is 0 Å². The molecule has 0 aromatic heterocycles. The second kappa shape index (κ2) is 7.13. The molecule has 2 aliphatic heterocycles. The molecule has 1 saturated heterocycles. The van der Waals surface area contributed by atoms with Gasteiger partial charge in [0.2, 0.25) is 6.79 Å². The van der Waals surface area contributed by atoms with E-state index in [9.17, 15) is 4.79 Å². The third kappa shape index (κ3) is 3.43. The average molecular weight is 348 g/mol. The van der Waals surface area contributed by atoms with E-state index in [1.807, 2.05) is 22.7 Å². The maximum absolute atomic E-state index is 12.5. The summed E-state index contributed by atoms with van der Waals surface area (Å²) in [6.07, 6.45) is 5.73. The van der Waals surface area contributed by atoms with Gasteiger partial charge in [-0.2, -0.15) is 11.8 Å². The molecule has 0 spiro atoms. The molecule has 2 heterocycles. The summed E-state index contributed by atoms with van der Waals surface area (Å²) in [5.74, 6) is 2.64. The zero-order valence-electron chi connectivity index (χ0n) is 13.8. The van der Waals surface area contributed by atoms with Crippen LogP contribution >= 0.6 is 11.8 Å². The molecule has 130 valence electrons. The minimum atomic E-state index is 0.119. The molecule has 0 radical (unpaired) electrons. The molecule has 5 nitrogen and oxygen atoms in total. The Labute approximate surface area is 147 Å². The van der Waals surface area contributed by atoms with Gasteiger partial charge in [0.15, 0.2) is 11.5 Å². The van der Waals surface area contributed by atoms with Crippen LogP contribution in [-0.4, -0.2) is 42.6 Å². The summed E-state index contributed by atoms with van der Waals surface area (Å²) in [6, 6.07) is 6.72. The number of hydrogen-bond donors (Lipinski definition) is 1. The van der Waals surface area contributed by atoms with Crippen molar-refractivity contribution in [3.63, 3.8) is 0 Å². The number of nitrogens with one attached hydrogen (secondary N) is 1. The van der Waals surface area contributed by atoms with Crippen LogP contribution in [0.5, 0.6) is 11.5 Å². The number of urea groups is 1. The second-order valence-corrected chi connectivity index (χ2v) is 7.99. The molecular weight excluding hydrogens is 324 g/mol. The molecule has 1 aromatic carbocycles.